The third kappa shape index (κ3) is 3.93. The third-order valence-corrected chi connectivity index (χ3v) is 4.28. The number of carbonyl (C=O) groups is 1. The van der Waals surface area contributed by atoms with Gasteiger partial charge >= 0.3 is 0 Å². The average molecular weight is 366 g/mol. The maximum atomic E-state index is 13.7. The third-order valence-electron chi connectivity index (χ3n) is 3.14. The lowest BCUT2D eigenvalue weighted by Crippen LogP contribution is -2.11. The van der Waals surface area contributed by atoms with Gasteiger partial charge in [-0.3, -0.25) is 10.1 Å². The number of rotatable bonds is 4. The van der Waals surface area contributed by atoms with E-state index in [0.717, 1.165) is 10.9 Å². The Morgan fingerprint density at radius 1 is 1.17 bits per heavy atom. The Morgan fingerprint density at radius 3 is 2.71 bits per heavy atom. The zero-order chi connectivity index (χ0) is 17.1. The Hall–Kier alpha value is -2.38. The van der Waals surface area contributed by atoms with Crippen molar-refractivity contribution in [2.24, 2.45) is 0 Å². The lowest BCUT2D eigenvalue weighted by molar-refractivity contribution is 0.102. The number of hydrogen-bond donors (Lipinski definition) is 1. The maximum Gasteiger partial charge on any atom is 0.259 e. The van der Waals surface area contributed by atoms with Crippen LogP contribution < -0.4 is 5.32 Å². The van der Waals surface area contributed by atoms with E-state index < -0.39 is 11.6 Å². The van der Waals surface area contributed by atoms with Crippen LogP contribution in [0.4, 0.5) is 13.9 Å². The number of amides is 1. The van der Waals surface area contributed by atoms with Gasteiger partial charge in [0, 0.05) is 29.8 Å². The van der Waals surface area contributed by atoms with Gasteiger partial charge in [0.05, 0.1) is 5.56 Å². The second-order valence-electron chi connectivity index (χ2n) is 4.87. The molecule has 0 bridgehead atoms. The van der Waals surface area contributed by atoms with E-state index in [1.807, 2.05) is 0 Å². The van der Waals surface area contributed by atoms with Gasteiger partial charge in [-0.1, -0.05) is 17.7 Å². The molecule has 0 saturated carbocycles. The van der Waals surface area contributed by atoms with Gasteiger partial charge in [-0.05, 0) is 23.8 Å². The fourth-order valence-electron chi connectivity index (χ4n) is 1.98. The summed E-state index contributed by atoms with van der Waals surface area (Å²) in [5.41, 5.74) is 0.709. The van der Waals surface area contributed by atoms with E-state index in [-0.39, 0.29) is 12.3 Å². The minimum atomic E-state index is -0.620. The first-order valence-corrected chi connectivity index (χ1v) is 8.02. The zero-order valence-corrected chi connectivity index (χ0v) is 13.7. The predicted molar refractivity (Wildman–Crippen MR) is 88.5 cm³/mol. The minimum absolute atomic E-state index is 0.266. The highest BCUT2D eigenvalue weighted by molar-refractivity contribution is 7.15. The first kappa shape index (κ1) is 16.5. The van der Waals surface area contributed by atoms with Gasteiger partial charge in [0.2, 0.25) is 0 Å². The van der Waals surface area contributed by atoms with Crippen molar-refractivity contribution in [1.29, 1.82) is 0 Å². The molecule has 0 saturated heterocycles. The number of thiazole rings is 1. The standard InChI is InChI=1S/C16H10ClF2N3OS/c17-14-4-2-10(7-20-14)15(23)22-16-21-8-12(24-16)5-9-1-3-11(18)6-13(9)19/h1-4,6-8H,5H2,(H,21,22,23). The molecule has 4 nitrogen and oxygen atoms in total. The number of benzene rings is 1. The zero-order valence-electron chi connectivity index (χ0n) is 12.1. The molecule has 1 aromatic carbocycles. The molecule has 0 aliphatic carbocycles. The summed E-state index contributed by atoms with van der Waals surface area (Å²) in [6.45, 7) is 0. The Morgan fingerprint density at radius 2 is 2.00 bits per heavy atom. The van der Waals surface area contributed by atoms with E-state index in [4.69, 9.17) is 11.6 Å². The van der Waals surface area contributed by atoms with Crippen LogP contribution in [-0.4, -0.2) is 15.9 Å². The fraction of sp³-hybridized carbons (Fsp3) is 0.0625. The van der Waals surface area contributed by atoms with Crippen LogP contribution in [-0.2, 0) is 6.42 Å². The van der Waals surface area contributed by atoms with Gasteiger partial charge in [-0.2, -0.15) is 0 Å². The summed E-state index contributed by atoms with van der Waals surface area (Å²) in [6, 6.07) is 6.50. The number of aromatic nitrogens is 2. The van der Waals surface area contributed by atoms with E-state index in [1.165, 1.54) is 35.7 Å². The SMILES string of the molecule is O=C(Nc1ncc(Cc2ccc(F)cc2F)s1)c1ccc(Cl)nc1. The normalized spacial score (nSPS) is 10.6. The molecule has 0 spiro atoms. The summed E-state index contributed by atoms with van der Waals surface area (Å²) in [5.74, 6) is -1.60. The van der Waals surface area contributed by atoms with Gasteiger partial charge in [0.25, 0.3) is 5.91 Å². The van der Waals surface area contributed by atoms with Crippen LogP contribution in [0.5, 0.6) is 0 Å². The van der Waals surface area contributed by atoms with Crippen molar-refractivity contribution in [1.82, 2.24) is 9.97 Å². The Labute approximate surface area is 145 Å². The van der Waals surface area contributed by atoms with Gasteiger partial charge in [0.15, 0.2) is 5.13 Å². The predicted octanol–water partition coefficient (Wildman–Crippen LogP) is 4.31. The van der Waals surface area contributed by atoms with Crippen LogP contribution in [0, 0.1) is 11.6 Å². The highest BCUT2D eigenvalue weighted by Gasteiger charge is 2.11. The van der Waals surface area contributed by atoms with Crippen LogP contribution in [0.25, 0.3) is 0 Å². The van der Waals surface area contributed by atoms with Gasteiger partial charge in [0.1, 0.15) is 16.8 Å². The summed E-state index contributed by atoms with van der Waals surface area (Å²) >= 11 is 6.89. The van der Waals surface area contributed by atoms with Crippen LogP contribution in [0.3, 0.4) is 0 Å². The maximum absolute atomic E-state index is 13.7. The monoisotopic (exact) mass is 365 g/mol. The number of hydrogen-bond acceptors (Lipinski definition) is 4. The molecular formula is C16H10ClF2N3OS. The first-order chi connectivity index (χ1) is 11.5. The molecule has 122 valence electrons. The highest BCUT2D eigenvalue weighted by Crippen LogP contribution is 2.23. The molecule has 0 aliphatic heterocycles. The van der Waals surface area contributed by atoms with Crippen molar-refractivity contribution in [3.63, 3.8) is 0 Å². The number of nitrogens with zero attached hydrogens (tertiary/aromatic N) is 2. The summed E-state index contributed by atoms with van der Waals surface area (Å²) in [4.78, 5) is 20.7. The van der Waals surface area contributed by atoms with Crippen molar-refractivity contribution < 1.29 is 13.6 Å². The molecule has 1 N–H and O–H groups in total. The molecule has 2 heterocycles. The number of halogens is 3. The average Bonchev–Trinajstić information content (AvgIpc) is 2.98. The van der Waals surface area contributed by atoms with Crippen molar-refractivity contribution in [3.05, 3.63) is 75.5 Å². The van der Waals surface area contributed by atoms with Crippen molar-refractivity contribution >= 4 is 34.0 Å². The summed E-state index contributed by atoms with van der Waals surface area (Å²) in [5, 5.41) is 3.32. The summed E-state index contributed by atoms with van der Waals surface area (Å²) in [7, 11) is 0. The van der Waals surface area contributed by atoms with E-state index in [9.17, 15) is 13.6 Å². The summed E-state index contributed by atoms with van der Waals surface area (Å²) in [6.07, 6.45) is 3.17. The molecule has 0 radical (unpaired) electrons. The van der Waals surface area contributed by atoms with E-state index >= 15 is 0 Å². The van der Waals surface area contributed by atoms with E-state index in [2.05, 4.69) is 15.3 Å². The van der Waals surface area contributed by atoms with E-state index in [1.54, 1.807) is 12.3 Å². The largest absolute Gasteiger partial charge is 0.298 e. The summed E-state index contributed by atoms with van der Waals surface area (Å²) < 4.78 is 26.6. The molecular weight excluding hydrogens is 356 g/mol. The van der Waals surface area contributed by atoms with Gasteiger partial charge in [-0.15, -0.1) is 11.3 Å². The van der Waals surface area contributed by atoms with Crippen molar-refractivity contribution in [3.8, 4) is 0 Å². The minimum Gasteiger partial charge on any atom is -0.298 e. The van der Waals surface area contributed by atoms with Crippen LogP contribution in [0.15, 0.2) is 42.7 Å². The van der Waals surface area contributed by atoms with E-state index in [0.29, 0.717) is 21.4 Å². The molecule has 3 rings (SSSR count). The number of nitrogens with one attached hydrogen (secondary N) is 1. The Balaban J connectivity index is 1.69. The van der Waals surface area contributed by atoms with Crippen LogP contribution >= 0.6 is 22.9 Å². The Kier molecular flexibility index (Phi) is 4.82. The van der Waals surface area contributed by atoms with Gasteiger partial charge in [-0.25, -0.2) is 18.7 Å². The molecule has 1 amide bonds. The second-order valence-corrected chi connectivity index (χ2v) is 6.37. The first-order valence-electron chi connectivity index (χ1n) is 6.83. The van der Waals surface area contributed by atoms with Crippen molar-refractivity contribution in [2.45, 2.75) is 6.42 Å². The molecule has 0 atom stereocenters. The number of pyridine rings is 1. The lowest BCUT2D eigenvalue weighted by Gasteiger charge is -2.01. The number of carbonyl (C=O) groups excluding carboxylic acids is 1. The lowest BCUT2D eigenvalue weighted by atomic mass is 10.1. The molecule has 8 heteroatoms. The van der Waals surface area contributed by atoms with Crippen LogP contribution in [0.1, 0.15) is 20.8 Å². The molecule has 0 fully saturated rings. The quantitative estimate of drug-likeness (QED) is 0.701. The second kappa shape index (κ2) is 7.02. The highest BCUT2D eigenvalue weighted by atomic mass is 35.5. The van der Waals surface area contributed by atoms with Crippen molar-refractivity contribution in [2.75, 3.05) is 5.32 Å². The Bertz CT molecular complexity index is 883. The molecule has 2 aromatic heterocycles. The van der Waals surface area contributed by atoms with Crippen LogP contribution in [0.2, 0.25) is 5.15 Å². The molecule has 0 unspecified atom stereocenters. The smallest absolute Gasteiger partial charge is 0.259 e. The fourth-order valence-corrected chi connectivity index (χ4v) is 2.92. The number of anilines is 1. The topological polar surface area (TPSA) is 54.9 Å². The van der Waals surface area contributed by atoms with Gasteiger partial charge < -0.3 is 0 Å². The molecule has 0 aliphatic rings. The molecule has 24 heavy (non-hydrogen) atoms. The molecule has 3 aromatic rings.